The molecule has 4 nitrogen and oxygen atoms in total. The van der Waals surface area contributed by atoms with E-state index in [-0.39, 0.29) is 11.7 Å². The highest BCUT2D eigenvalue weighted by atomic mass is 19.1. The molecule has 0 radical (unpaired) electrons. The van der Waals surface area contributed by atoms with Gasteiger partial charge in [-0.05, 0) is 47.0 Å². The second-order valence-corrected chi connectivity index (χ2v) is 9.58. The normalized spacial score (nSPS) is 26.2. The van der Waals surface area contributed by atoms with E-state index in [0.29, 0.717) is 16.7 Å². The Labute approximate surface area is 207 Å². The highest BCUT2D eigenvalue weighted by Crippen LogP contribution is 2.76. The summed E-state index contributed by atoms with van der Waals surface area (Å²) >= 11 is 0. The van der Waals surface area contributed by atoms with E-state index in [1.54, 1.807) is 54.6 Å². The molecule has 3 aliphatic rings. The first kappa shape index (κ1) is 21.1. The molecule has 3 unspecified atom stereocenters. The highest BCUT2D eigenvalue weighted by Gasteiger charge is 2.77. The molecule has 4 aromatic rings. The van der Waals surface area contributed by atoms with Crippen LogP contribution in [0.25, 0.3) is 0 Å². The lowest BCUT2D eigenvalue weighted by Gasteiger charge is -2.58. The van der Waals surface area contributed by atoms with Crippen LogP contribution >= 0.6 is 0 Å². The molecule has 0 heterocycles. The van der Waals surface area contributed by atoms with Gasteiger partial charge in [-0.15, -0.1) is 0 Å². The number of carbonyl (C=O) groups excluding carboxylic acids is 2. The summed E-state index contributed by atoms with van der Waals surface area (Å²) in [6, 6.07) is 30.5. The minimum Gasteiger partial charge on any atom is -0.454 e. The van der Waals surface area contributed by atoms with E-state index in [0.717, 1.165) is 16.7 Å². The van der Waals surface area contributed by atoms with Gasteiger partial charge in [-0.1, -0.05) is 72.8 Å². The Morgan fingerprint density at radius 2 is 1.14 bits per heavy atom. The fourth-order valence-electron chi connectivity index (χ4n) is 6.73. The Morgan fingerprint density at radius 1 is 0.611 bits per heavy atom. The zero-order valence-corrected chi connectivity index (χ0v) is 19.1. The van der Waals surface area contributed by atoms with Crippen molar-refractivity contribution < 1.29 is 23.5 Å². The molecule has 36 heavy (non-hydrogen) atoms. The van der Waals surface area contributed by atoms with Crippen LogP contribution in [-0.4, -0.2) is 24.1 Å². The van der Waals surface area contributed by atoms with E-state index in [9.17, 15) is 9.59 Å². The average Bonchev–Trinajstić information content (AvgIpc) is 3.08. The lowest BCUT2D eigenvalue weighted by Crippen LogP contribution is -2.54. The fraction of sp³-hybridized carbons (Fsp3) is 0.161. The summed E-state index contributed by atoms with van der Waals surface area (Å²) in [5.74, 6) is -2.04. The van der Waals surface area contributed by atoms with Crippen molar-refractivity contribution in [3.05, 3.63) is 142 Å². The van der Waals surface area contributed by atoms with Crippen LogP contribution < -0.4 is 0 Å². The molecule has 0 saturated heterocycles. The lowest BCUT2D eigenvalue weighted by atomic mass is 9.43. The predicted molar refractivity (Wildman–Crippen MR) is 130 cm³/mol. The van der Waals surface area contributed by atoms with Gasteiger partial charge in [-0.25, -0.2) is 14.0 Å². The quantitative estimate of drug-likeness (QED) is 0.351. The lowest BCUT2D eigenvalue weighted by molar-refractivity contribution is -0.0319. The second kappa shape index (κ2) is 7.62. The van der Waals surface area contributed by atoms with Crippen molar-refractivity contribution in [1.29, 1.82) is 0 Å². The Balaban J connectivity index is 1.36. The van der Waals surface area contributed by atoms with Crippen molar-refractivity contribution in [2.75, 3.05) is 0 Å². The summed E-state index contributed by atoms with van der Waals surface area (Å²) in [4.78, 5) is 26.4. The Morgan fingerprint density at radius 3 is 1.78 bits per heavy atom. The molecule has 0 amide bonds. The second-order valence-electron chi connectivity index (χ2n) is 9.58. The van der Waals surface area contributed by atoms with Gasteiger partial charge in [0.25, 0.3) is 0 Å². The van der Waals surface area contributed by atoms with E-state index in [4.69, 9.17) is 9.47 Å². The predicted octanol–water partition coefficient (Wildman–Crippen LogP) is 5.77. The third-order valence-electron chi connectivity index (χ3n) is 8.02. The van der Waals surface area contributed by atoms with Crippen molar-refractivity contribution in [2.24, 2.45) is 0 Å². The Bertz CT molecular complexity index is 1520. The number of hydrogen-bond acceptors (Lipinski definition) is 4. The monoisotopic (exact) mass is 476 g/mol. The summed E-state index contributed by atoms with van der Waals surface area (Å²) in [7, 11) is 0. The molecule has 3 aliphatic carbocycles. The molecule has 0 aliphatic heterocycles. The van der Waals surface area contributed by atoms with E-state index in [1.165, 1.54) is 6.07 Å². The third kappa shape index (κ3) is 2.63. The summed E-state index contributed by atoms with van der Waals surface area (Å²) in [5.41, 5.74) is 3.80. The zero-order chi connectivity index (χ0) is 24.4. The largest absolute Gasteiger partial charge is 0.454 e. The van der Waals surface area contributed by atoms with Crippen molar-refractivity contribution in [1.82, 2.24) is 0 Å². The van der Waals surface area contributed by atoms with Crippen LogP contribution in [0.4, 0.5) is 4.39 Å². The van der Waals surface area contributed by atoms with Gasteiger partial charge in [0.05, 0.1) is 11.1 Å². The van der Waals surface area contributed by atoms with Crippen LogP contribution in [0.3, 0.4) is 0 Å². The van der Waals surface area contributed by atoms with Crippen LogP contribution in [0.5, 0.6) is 0 Å². The van der Waals surface area contributed by atoms with Crippen molar-refractivity contribution >= 4 is 11.9 Å². The van der Waals surface area contributed by atoms with Gasteiger partial charge < -0.3 is 9.47 Å². The molecule has 1 saturated carbocycles. The standard InChI is InChI=1S/C31H21FO4/c32-23-17-9-16-22-24(23)26-28(36-30(34)19-12-5-2-6-13-19)27(35-29(33)18-10-3-1-4-11-18)25-20-14-7-8-15-21(20)31(22,25)26/h1-17,25-28H/t25?,26-,27?,28?,31-/m1/s1. The number of halogens is 1. The van der Waals surface area contributed by atoms with Crippen LogP contribution in [0.15, 0.2) is 103 Å². The molecule has 1 fully saturated rings. The van der Waals surface area contributed by atoms with Crippen LogP contribution in [-0.2, 0) is 14.9 Å². The number of carbonyl (C=O) groups is 2. The topological polar surface area (TPSA) is 52.6 Å². The molecule has 7 rings (SSSR count). The SMILES string of the molecule is O=C(OC1C(OC(=O)c2ccccc2)[C@H]2c3c(F)cccc3[C@@]23c2ccccc2C13)c1ccccc1. The molecule has 0 bridgehead atoms. The smallest absolute Gasteiger partial charge is 0.338 e. The average molecular weight is 477 g/mol. The third-order valence-corrected chi connectivity index (χ3v) is 8.02. The van der Waals surface area contributed by atoms with Crippen molar-refractivity contribution in [3.8, 4) is 0 Å². The summed E-state index contributed by atoms with van der Waals surface area (Å²) in [6.45, 7) is 0. The maximum absolute atomic E-state index is 15.2. The first-order valence-corrected chi connectivity index (χ1v) is 12.0. The molecular formula is C31H21FO4. The number of ether oxygens (including phenoxy) is 2. The van der Waals surface area contributed by atoms with Gasteiger partial charge in [0, 0.05) is 22.8 Å². The summed E-state index contributed by atoms with van der Waals surface area (Å²) in [5, 5.41) is 0. The first-order chi connectivity index (χ1) is 17.6. The zero-order valence-electron chi connectivity index (χ0n) is 19.1. The molecule has 4 aromatic carbocycles. The number of hydrogen-bond donors (Lipinski definition) is 0. The van der Waals surface area contributed by atoms with Crippen molar-refractivity contribution in [2.45, 2.75) is 29.5 Å². The molecule has 5 heteroatoms. The van der Waals surface area contributed by atoms with E-state index >= 15 is 4.39 Å². The minimum absolute atomic E-state index is 0.241. The Hall–Kier alpha value is -4.25. The summed E-state index contributed by atoms with van der Waals surface area (Å²) in [6.07, 6.45) is -1.61. The molecule has 5 atom stereocenters. The molecular weight excluding hydrogens is 455 g/mol. The van der Waals surface area contributed by atoms with Gasteiger partial charge in [-0.2, -0.15) is 0 Å². The highest BCUT2D eigenvalue weighted by molar-refractivity contribution is 5.91. The Kier molecular flexibility index (Phi) is 4.46. The molecule has 0 aromatic heterocycles. The maximum atomic E-state index is 15.2. The molecule has 0 N–H and O–H groups in total. The number of esters is 2. The van der Waals surface area contributed by atoms with E-state index < -0.39 is 35.5 Å². The number of fused-ring (bicyclic) bond motifs is 4. The van der Waals surface area contributed by atoms with Crippen LogP contribution in [0.1, 0.15) is 54.8 Å². The minimum atomic E-state index is -0.841. The number of rotatable bonds is 4. The number of benzene rings is 4. The van der Waals surface area contributed by atoms with Crippen molar-refractivity contribution in [3.63, 3.8) is 0 Å². The van der Waals surface area contributed by atoms with Crippen LogP contribution in [0.2, 0.25) is 0 Å². The van der Waals surface area contributed by atoms with E-state index in [1.807, 2.05) is 42.5 Å². The van der Waals surface area contributed by atoms with E-state index in [2.05, 4.69) is 0 Å². The van der Waals surface area contributed by atoms with Gasteiger partial charge in [0.1, 0.15) is 18.0 Å². The van der Waals surface area contributed by atoms with Crippen LogP contribution in [0, 0.1) is 5.82 Å². The molecule has 176 valence electrons. The van der Waals surface area contributed by atoms with Gasteiger partial charge in [-0.3, -0.25) is 0 Å². The maximum Gasteiger partial charge on any atom is 0.338 e. The first-order valence-electron chi connectivity index (χ1n) is 12.0. The van der Waals surface area contributed by atoms with Gasteiger partial charge in [0.2, 0.25) is 0 Å². The summed E-state index contributed by atoms with van der Waals surface area (Å²) < 4.78 is 27.5. The molecule has 1 spiro atoms. The van der Waals surface area contributed by atoms with Gasteiger partial charge in [0.15, 0.2) is 0 Å². The van der Waals surface area contributed by atoms with Gasteiger partial charge >= 0.3 is 11.9 Å². The fourth-order valence-corrected chi connectivity index (χ4v) is 6.73.